The second-order valence-electron chi connectivity index (χ2n) is 3.59. The van der Waals surface area contributed by atoms with Gasteiger partial charge in [0.1, 0.15) is 6.07 Å². The number of rotatable bonds is 5. The quantitative estimate of drug-likeness (QED) is 0.791. The smallest absolute Gasteiger partial charge is 0.307 e. The number of benzene rings is 1. The van der Waals surface area contributed by atoms with E-state index in [1.807, 2.05) is 19.1 Å². The summed E-state index contributed by atoms with van der Waals surface area (Å²) in [6.07, 6.45) is 0.299. The second-order valence-corrected chi connectivity index (χ2v) is 3.59. The van der Waals surface area contributed by atoms with Gasteiger partial charge in [-0.2, -0.15) is 5.26 Å². The number of para-hydroxylation sites is 1. The predicted molar refractivity (Wildman–Crippen MR) is 65.6 cm³/mol. The van der Waals surface area contributed by atoms with E-state index in [9.17, 15) is 4.79 Å². The van der Waals surface area contributed by atoms with Crippen LogP contribution in [-0.4, -0.2) is 19.1 Å². The summed E-state index contributed by atoms with van der Waals surface area (Å²) < 4.78 is 4.82. The summed E-state index contributed by atoms with van der Waals surface area (Å²) in [6, 6.07) is 7.63. The Bertz CT molecular complexity index is 436. The number of esters is 1. The van der Waals surface area contributed by atoms with Crippen molar-refractivity contribution in [2.24, 2.45) is 0 Å². The highest BCUT2D eigenvalue weighted by atomic mass is 16.5. The topological polar surface area (TPSA) is 62.1 Å². The number of hydrogen-bond acceptors (Lipinski definition) is 4. The molecule has 0 fully saturated rings. The van der Waals surface area contributed by atoms with Crippen LogP contribution in [0.1, 0.15) is 24.5 Å². The maximum atomic E-state index is 11.1. The lowest BCUT2D eigenvalue weighted by atomic mass is 10.1. The molecule has 4 heteroatoms. The van der Waals surface area contributed by atoms with E-state index in [2.05, 4.69) is 11.4 Å². The summed E-state index contributed by atoms with van der Waals surface area (Å²) in [4.78, 5) is 11.1. The Labute approximate surface area is 101 Å². The fourth-order valence-corrected chi connectivity index (χ4v) is 1.52. The molecule has 0 bridgehead atoms. The van der Waals surface area contributed by atoms with Crippen LogP contribution in [0.4, 0.5) is 5.69 Å². The van der Waals surface area contributed by atoms with Crippen molar-refractivity contribution in [3.05, 3.63) is 29.3 Å². The van der Waals surface area contributed by atoms with Crippen molar-refractivity contribution in [1.29, 1.82) is 5.26 Å². The van der Waals surface area contributed by atoms with Crippen LogP contribution in [0, 0.1) is 18.3 Å². The average molecular weight is 232 g/mol. The number of ether oxygens (including phenoxy) is 1. The number of nitriles is 1. The van der Waals surface area contributed by atoms with Crippen molar-refractivity contribution in [3.63, 3.8) is 0 Å². The number of nitrogens with zero attached hydrogens (tertiary/aromatic N) is 1. The first-order valence-electron chi connectivity index (χ1n) is 5.58. The monoisotopic (exact) mass is 232 g/mol. The van der Waals surface area contributed by atoms with Gasteiger partial charge in [-0.25, -0.2) is 0 Å². The molecule has 0 heterocycles. The van der Waals surface area contributed by atoms with Gasteiger partial charge in [-0.15, -0.1) is 0 Å². The average Bonchev–Trinajstić information content (AvgIpc) is 2.31. The van der Waals surface area contributed by atoms with E-state index >= 15 is 0 Å². The molecular weight excluding hydrogens is 216 g/mol. The van der Waals surface area contributed by atoms with Gasteiger partial charge in [-0.05, 0) is 25.5 Å². The summed E-state index contributed by atoms with van der Waals surface area (Å²) in [6.45, 7) is 4.57. The number of anilines is 1. The third-order valence-electron chi connectivity index (χ3n) is 2.33. The molecule has 0 aromatic heterocycles. The first-order valence-corrected chi connectivity index (χ1v) is 5.58. The largest absolute Gasteiger partial charge is 0.466 e. The number of nitrogens with one attached hydrogen (secondary N) is 1. The van der Waals surface area contributed by atoms with Gasteiger partial charge in [-0.3, -0.25) is 4.79 Å². The van der Waals surface area contributed by atoms with Crippen LogP contribution in [0.15, 0.2) is 18.2 Å². The minimum atomic E-state index is -0.230. The van der Waals surface area contributed by atoms with Gasteiger partial charge in [0.2, 0.25) is 0 Å². The Balaban J connectivity index is 2.58. The molecule has 0 atom stereocenters. The van der Waals surface area contributed by atoms with Crippen molar-refractivity contribution in [2.75, 3.05) is 18.5 Å². The van der Waals surface area contributed by atoms with Crippen molar-refractivity contribution in [2.45, 2.75) is 20.3 Å². The first-order chi connectivity index (χ1) is 8.19. The van der Waals surface area contributed by atoms with Crippen molar-refractivity contribution < 1.29 is 9.53 Å². The molecule has 0 aliphatic carbocycles. The normalized spacial score (nSPS) is 9.47. The second kappa shape index (κ2) is 6.54. The van der Waals surface area contributed by atoms with Crippen LogP contribution in [0.2, 0.25) is 0 Å². The maximum absolute atomic E-state index is 11.1. The summed E-state index contributed by atoms with van der Waals surface area (Å²) in [5.41, 5.74) is 2.38. The van der Waals surface area contributed by atoms with Gasteiger partial charge in [0.05, 0.1) is 24.3 Å². The van der Waals surface area contributed by atoms with Crippen LogP contribution in [0.25, 0.3) is 0 Å². The standard InChI is InChI=1S/C13H16N2O2/c1-3-17-12(16)7-8-15-13-10(2)5-4-6-11(13)9-14/h4-6,15H,3,7-8H2,1-2H3. The van der Waals surface area contributed by atoms with Crippen molar-refractivity contribution in [3.8, 4) is 6.07 Å². The SMILES string of the molecule is CCOC(=O)CCNc1c(C)cccc1C#N. The molecule has 0 aliphatic rings. The van der Waals surface area contributed by atoms with E-state index in [4.69, 9.17) is 10.00 Å². The highest BCUT2D eigenvalue weighted by Crippen LogP contribution is 2.19. The van der Waals surface area contributed by atoms with Crippen molar-refractivity contribution >= 4 is 11.7 Å². The fourth-order valence-electron chi connectivity index (χ4n) is 1.52. The van der Waals surface area contributed by atoms with Crippen LogP contribution >= 0.6 is 0 Å². The van der Waals surface area contributed by atoms with Crippen LogP contribution in [-0.2, 0) is 9.53 Å². The molecule has 17 heavy (non-hydrogen) atoms. The van der Waals surface area contributed by atoms with Gasteiger partial charge in [-0.1, -0.05) is 12.1 Å². The van der Waals surface area contributed by atoms with E-state index in [-0.39, 0.29) is 5.97 Å². The van der Waals surface area contributed by atoms with E-state index < -0.39 is 0 Å². The Morgan fingerprint density at radius 2 is 2.29 bits per heavy atom. The molecule has 90 valence electrons. The fraction of sp³-hybridized carbons (Fsp3) is 0.385. The lowest BCUT2D eigenvalue weighted by Crippen LogP contribution is -2.12. The third kappa shape index (κ3) is 3.80. The molecule has 1 aromatic rings. The van der Waals surface area contributed by atoms with Gasteiger partial charge >= 0.3 is 5.97 Å². The summed E-state index contributed by atoms with van der Waals surface area (Å²) >= 11 is 0. The van der Waals surface area contributed by atoms with Crippen LogP contribution < -0.4 is 5.32 Å². The molecule has 1 N–H and O–H groups in total. The van der Waals surface area contributed by atoms with Gasteiger partial charge in [0.15, 0.2) is 0 Å². The van der Waals surface area contributed by atoms with Gasteiger partial charge in [0.25, 0.3) is 0 Å². The zero-order chi connectivity index (χ0) is 12.7. The van der Waals surface area contributed by atoms with E-state index in [0.717, 1.165) is 11.3 Å². The van der Waals surface area contributed by atoms with E-state index in [1.54, 1.807) is 13.0 Å². The maximum Gasteiger partial charge on any atom is 0.307 e. The number of hydrogen-bond donors (Lipinski definition) is 1. The zero-order valence-electron chi connectivity index (χ0n) is 10.1. The summed E-state index contributed by atoms with van der Waals surface area (Å²) in [7, 11) is 0. The molecule has 1 rings (SSSR count). The molecule has 0 amide bonds. The van der Waals surface area contributed by atoms with E-state index in [0.29, 0.717) is 25.1 Å². The number of aryl methyl sites for hydroxylation is 1. The molecule has 0 saturated heterocycles. The molecule has 0 spiro atoms. The Morgan fingerprint density at radius 1 is 1.53 bits per heavy atom. The van der Waals surface area contributed by atoms with Gasteiger partial charge < -0.3 is 10.1 Å². The molecule has 0 saturated carbocycles. The Kier molecular flexibility index (Phi) is 5.02. The molecule has 0 radical (unpaired) electrons. The third-order valence-corrected chi connectivity index (χ3v) is 2.33. The van der Waals surface area contributed by atoms with Crippen LogP contribution in [0.5, 0.6) is 0 Å². The highest BCUT2D eigenvalue weighted by molar-refractivity contribution is 5.70. The van der Waals surface area contributed by atoms with E-state index in [1.165, 1.54) is 0 Å². The zero-order valence-corrected chi connectivity index (χ0v) is 10.1. The first kappa shape index (κ1) is 13.0. The molecule has 4 nitrogen and oxygen atoms in total. The minimum Gasteiger partial charge on any atom is -0.466 e. The van der Waals surface area contributed by atoms with Crippen molar-refractivity contribution in [1.82, 2.24) is 0 Å². The summed E-state index contributed by atoms with van der Waals surface area (Å²) in [5, 5.41) is 12.1. The number of carbonyl (C=O) groups excluding carboxylic acids is 1. The highest BCUT2D eigenvalue weighted by Gasteiger charge is 2.06. The lowest BCUT2D eigenvalue weighted by Gasteiger charge is -2.10. The molecule has 0 unspecified atom stereocenters. The molecular formula is C13H16N2O2. The minimum absolute atomic E-state index is 0.230. The number of carbonyl (C=O) groups is 1. The van der Waals surface area contributed by atoms with Crippen LogP contribution in [0.3, 0.4) is 0 Å². The van der Waals surface area contributed by atoms with Gasteiger partial charge in [0, 0.05) is 6.54 Å². The predicted octanol–water partition coefficient (Wildman–Crippen LogP) is 2.23. The Morgan fingerprint density at radius 3 is 2.94 bits per heavy atom. The lowest BCUT2D eigenvalue weighted by molar-refractivity contribution is -0.142. The Hall–Kier alpha value is -2.02. The summed E-state index contributed by atoms with van der Waals surface area (Å²) in [5.74, 6) is -0.230. The molecule has 1 aromatic carbocycles. The molecule has 0 aliphatic heterocycles.